The fraction of sp³-hybridized carbons (Fsp3) is 0.250. The lowest BCUT2D eigenvalue weighted by atomic mass is 10.1. The number of ether oxygens (including phenoxy) is 2. The van der Waals surface area contributed by atoms with Crippen molar-refractivity contribution in [2.75, 3.05) is 20.8 Å². The molecule has 0 aromatic heterocycles. The van der Waals surface area contributed by atoms with Crippen LogP contribution < -0.4 is 25.6 Å². The van der Waals surface area contributed by atoms with Crippen molar-refractivity contribution in [3.63, 3.8) is 0 Å². The van der Waals surface area contributed by atoms with Crippen LogP contribution in [-0.2, 0) is 4.79 Å². The molecule has 0 spiro atoms. The number of aryl methyl sites for hydroxylation is 1. The molecule has 28 heavy (non-hydrogen) atoms. The molecule has 8 heteroatoms. The summed E-state index contributed by atoms with van der Waals surface area (Å²) < 4.78 is 10.3. The van der Waals surface area contributed by atoms with Crippen molar-refractivity contribution in [2.24, 2.45) is 0 Å². The van der Waals surface area contributed by atoms with Crippen LogP contribution in [0.4, 0.5) is 0 Å². The molecule has 8 nitrogen and oxygen atoms in total. The highest BCUT2D eigenvalue weighted by Gasteiger charge is 2.11. The topological polar surface area (TPSA) is 106 Å². The van der Waals surface area contributed by atoms with Crippen molar-refractivity contribution in [2.45, 2.75) is 13.3 Å². The SMILES string of the molecule is COc1ccc(C(=O)NCCC(=O)NNC(=O)c2ccc(C)cc2)cc1OC. The highest BCUT2D eigenvalue weighted by molar-refractivity contribution is 5.96. The standard InChI is InChI=1S/C20H23N3O5/c1-13-4-6-14(7-5-13)20(26)23-22-18(24)10-11-21-19(25)15-8-9-16(27-2)17(12-15)28-3/h4-9,12H,10-11H2,1-3H3,(H,21,25)(H,22,24)(H,23,26). The Kier molecular flexibility index (Phi) is 7.38. The Morgan fingerprint density at radius 3 is 2.11 bits per heavy atom. The maximum absolute atomic E-state index is 12.2. The Bertz CT molecular complexity index is 849. The molecule has 0 heterocycles. The summed E-state index contributed by atoms with van der Waals surface area (Å²) in [6.45, 7) is 2.03. The number of hydrazine groups is 1. The normalized spacial score (nSPS) is 9.96. The molecule has 0 atom stereocenters. The molecule has 148 valence electrons. The van der Waals surface area contributed by atoms with E-state index >= 15 is 0 Å². The molecule has 3 amide bonds. The average Bonchev–Trinajstić information content (AvgIpc) is 2.71. The van der Waals surface area contributed by atoms with Crippen LogP contribution in [-0.4, -0.2) is 38.5 Å². The molecule has 2 rings (SSSR count). The third kappa shape index (κ3) is 5.73. The number of rotatable bonds is 7. The summed E-state index contributed by atoms with van der Waals surface area (Å²) in [4.78, 5) is 35.9. The van der Waals surface area contributed by atoms with Crippen molar-refractivity contribution in [1.82, 2.24) is 16.2 Å². The number of hydrogen-bond acceptors (Lipinski definition) is 5. The maximum atomic E-state index is 12.2. The second-order valence-electron chi connectivity index (χ2n) is 5.94. The lowest BCUT2D eigenvalue weighted by Crippen LogP contribution is -2.42. The van der Waals surface area contributed by atoms with Crippen molar-refractivity contribution >= 4 is 17.7 Å². The number of carbonyl (C=O) groups excluding carboxylic acids is 3. The third-order valence-electron chi connectivity index (χ3n) is 3.91. The first kappa shape index (κ1) is 20.8. The smallest absolute Gasteiger partial charge is 0.269 e. The van der Waals surface area contributed by atoms with Crippen LogP contribution in [0.5, 0.6) is 11.5 Å². The van der Waals surface area contributed by atoms with E-state index in [0.29, 0.717) is 22.6 Å². The van der Waals surface area contributed by atoms with Gasteiger partial charge in [0.15, 0.2) is 11.5 Å². The van der Waals surface area contributed by atoms with Gasteiger partial charge in [-0.3, -0.25) is 25.2 Å². The van der Waals surface area contributed by atoms with Gasteiger partial charge in [-0.2, -0.15) is 0 Å². The van der Waals surface area contributed by atoms with E-state index in [-0.39, 0.29) is 18.9 Å². The summed E-state index contributed by atoms with van der Waals surface area (Å²) in [6, 6.07) is 11.7. The van der Waals surface area contributed by atoms with Gasteiger partial charge in [0.05, 0.1) is 14.2 Å². The Morgan fingerprint density at radius 2 is 1.46 bits per heavy atom. The van der Waals surface area contributed by atoms with E-state index in [2.05, 4.69) is 16.2 Å². The summed E-state index contributed by atoms with van der Waals surface area (Å²) in [7, 11) is 2.99. The van der Waals surface area contributed by atoms with Gasteiger partial charge in [-0.25, -0.2) is 0 Å². The third-order valence-corrected chi connectivity index (χ3v) is 3.91. The van der Waals surface area contributed by atoms with Gasteiger partial charge in [0, 0.05) is 24.1 Å². The van der Waals surface area contributed by atoms with E-state index in [4.69, 9.17) is 9.47 Å². The first-order valence-electron chi connectivity index (χ1n) is 8.60. The van der Waals surface area contributed by atoms with E-state index in [1.54, 1.807) is 42.5 Å². The second kappa shape index (κ2) is 9.96. The van der Waals surface area contributed by atoms with Crippen LogP contribution in [0.25, 0.3) is 0 Å². The van der Waals surface area contributed by atoms with Crippen molar-refractivity contribution < 1.29 is 23.9 Å². The van der Waals surface area contributed by atoms with Gasteiger partial charge in [-0.05, 0) is 37.3 Å². The number of amides is 3. The molecule has 2 aromatic carbocycles. The first-order chi connectivity index (χ1) is 13.4. The lowest BCUT2D eigenvalue weighted by Gasteiger charge is -2.10. The molecule has 0 aliphatic carbocycles. The van der Waals surface area contributed by atoms with Crippen LogP contribution in [0.15, 0.2) is 42.5 Å². The van der Waals surface area contributed by atoms with Crippen molar-refractivity contribution in [1.29, 1.82) is 0 Å². The van der Waals surface area contributed by atoms with Gasteiger partial charge < -0.3 is 14.8 Å². The van der Waals surface area contributed by atoms with E-state index in [9.17, 15) is 14.4 Å². The molecule has 0 radical (unpaired) electrons. The fourth-order valence-corrected chi connectivity index (χ4v) is 2.34. The first-order valence-corrected chi connectivity index (χ1v) is 8.60. The van der Waals surface area contributed by atoms with E-state index in [1.807, 2.05) is 6.92 Å². The minimum Gasteiger partial charge on any atom is -0.493 e. The van der Waals surface area contributed by atoms with Crippen LogP contribution in [0.2, 0.25) is 0 Å². The lowest BCUT2D eigenvalue weighted by molar-refractivity contribution is -0.121. The Labute approximate surface area is 163 Å². The van der Waals surface area contributed by atoms with Crippen LogP contribution in [0, 0.1) is 6.92 Å². The zero-order chi connectivity index (χ0) is 20.5. The number of nitrogens with one attached hydrogen (secondary N) is 3. The average molecular weight is 385 g/mol. The van der Waals surface area contributed by atoms with Crippen LogP contribution in [0.3, 0.4) is 0 Å². The summed E-state index contributed by atoms with van der Waals surface area (Å²) >= 11 is 0. The maximum Gasteiger partial charge on any atom is 0.269 e. The van der Waals surface area contributed by atoms with E-state index < -0.39 is 11.8 Å². The number of benzene rings is 2. The number of hydrogen-bond donors (Lipinski definition) is 3. The molecular weight excluding hydrogens is 362 g/mol. The summed E-state index contributed by atoms with van der Waals surface area (Å²) in [5.74, 6) is -0.234. The predicted molar refractivity (Wildman–Crippen MR) is 103 cm³/mol. The van der Waals surface area contributed by atoms with Crippen LogP contribution in [0.1, 0.15) is 32.7 Å². The van der Waals surface area contributed by atoms with Crippen LogP contribution >= 0.6 is 0 Å². The Hall–Kier alpha value is -3.55. The minimum atomic E-state index is -0.423. The zero-order valence-electron chi connectivity index (χ0n) is 16.0. The van der Waals surface area contributed by atoms with E-state index in [1.165, 1.54) is 14.2 Å². The molecule has 0 bridgehead atoms. The summed E-state index contributed by atoms with van der Waals surface area (Å²) in [5, 5.41) is 2.64. The second-order valence-corrected chi connectivity index (χ2v) is 5.94. The molecule has 0 aliphatic heterocycles. The zero-order valence-corrected chi connectivity index (χ0v) is 16.0. The number of carbonyl (C=O) groups is 3. The summed E-state index contributed by atoms with van der Waals surface area (Å²) in [5.41, 5.74) is 6.50. The number of methoxy groups -OCH3 is 2. The van der Waals surface area contributed by atoms with Gasteiger partial charge in [0.1, 0.15) is 0 Å². The monoisotopic (exact) mass is 385 g/mol. The Morgan fingerprint density at radius 1 is 0.821 bits per heavy atom. The van der Waals surface area contributed by atoms with Crippen molar-refractivity contribution in [3.8, 4) is 11.5 Å². The van der Waals surface area contributed by atoms with Gasteiger partial charge in [0.2, 0.25) is 5.91 Å². The fourth-order valence-electron chi connectivity index (χ4n) is 2.34. The molecule has 0 unspecified atom stereocenters. The van der Waals surface area contributed by atoms with Gasteiger partial charge in [0.25, 0.3) is 11.8 Å². The minimum absolute atomic E-state index is 0.00715. The molecular formula is C20H23N3O5. The van der Waals surface area contributed by atoms with Gasteiger partial charge in [-0.1, -0.05) is 17.7 Å². The highest BCUT2D eigenvalue weighted by Crippen LogP contribution is 2.27. The largest absolute Gasteiger partial charge is 0.493 e. The molecule has 0 fully saturated rings. The molecule has 0 saturated heterocycles. The molecule has 0 saturated carbocycles. The van der Waals surface area contributed by atoms with E-state index in [0.717, 1.165) is 5.56 Å². The predicted octanol–water partition coefficient (Wildman–Crippen LogP) is 1.59. The molecule has 0 aliphatic rings. The van der Waals surface area contributed by atoms with Gasteiger partial charge >= 0.3 is 0 Å². The molecule has 3 N–H and O–H groups in total. The Balaban J connectivity index is 1.76. The van der Waals surface area contributed by atoms with Gasteiger partial charge in [-0.15, -0.1) is 0 Å². The molecule has 2 aromatic rings. The van der Waals surface area contributed by atoms with Crippen molar-refractivity contribution in [3.05, 3.63) is 59.2 Å². The summed E-state index contributed by atoms with van der Waals surface area (Å²) in [6.07, 6.45) is 0.00715. The highest BCUT2D eigenvalue weighted by atomic mass is 16.5. The quantitative estimate of drug-likeness (QED) is 0.628.